The van der Waals surface area contributed by atoms with Gasteiger partial charge in [-0.15, -0.1) is 0 Å². The maximum absolute atomic E-state index is 12.6. The van der Waals surface area contributed by atoms with Crippen LogP contribution in [-0.2, 0) is 35.8 Å². The quantitative estimate of drug-likeness (QED) is 0.391. The average molecular weight is 420 g/mol. The molecule has 1 aromatic rings. The fourth-order valence-electron chi connectivity index (χ4n) is 3.59. The third-order valence-corrected chi connectivity index (χ3v) is 7.14. The molecule has 29 heavy (non-hydrogen) atoms. The number of imide groups is 1. The zero-order valence-electron chi connectivity index (χ0n) is 16.6. The van der Waals surface area contributed by atoms with Crippen LogP contribution in [0.1, 0.15) is 25.3 Å². The molecule has 0 saturated carbocycles. The zero-order valence-corrected chi connectivity index (χ0v) is 17.4. The lowest BCUT2D eigenvalue weighted by molar-refractivity contribution is -0.159. The van der Waals surface area contributed by atoms with E-state index < -0.39 is 33.9 Å². The van der Waals surface area contributed by atoms with Gasteiger partial charge in [-0.2, -0.15) is 0 Å². The smallest absolute Gasteiger partial charge is 0.329 e. The molecule has 1 heterocycles. The summed E-state index contributed by atoms with van der Waals surface area (Å²) < 4.78 is 30.8. The number of carbonyl (C=O) groups excluding carboxylic acids is 3. The molecular formula is C20H24N2O6S. The minimum atomic E-state index is -3.60. The summed E-state index contributed by atoms with van der Waals surface area (Å²) >= 11 is 0. The van der Waals surface area contributed by atoms with Crippen LogP contribution in [0.4, 0.5) is 0 Å². The Labute approximate surface area is 170 Å². The number of hydrogen-bond donors (Lipinski definition) is 0. The summed E-state index contributed by atoms with van der Waals surface area (Å²) in [5.41, 5.74) is 0.491. The molecule has 1 fully saturated rings. The van der Waals surface area contributed by atoms with Crippen LogP contribution >= 0.6 is 0 Å². The Bertz CT molecular complexity index is 943. The van der Waals surface area contributed by atoms with E-state index in [0.717, 1.165) is 9.21 Å². The van der Waals surface area contributed by atoms with Crippen molar-refractivity contribution in [2.45, 2.75) is 37.3 Å². The molecule has 1 aliphatic heterocycles. The SMILES string of the molecule is C[C@H](C(=O)OCc1cccc(S(=O)(=O)N(C)C)c1)N1C(=O)[C@H]2CC=CC[C@@H]2C1=O. The molecule has 3 rings (SSSR count). The molecule has 0 unspecified atom stereocenters. The number of sulfonamides is 1. The topological polar surface area (TPSA) is 101 Å². The molecule has 2 amide bonds. The Morgan fingerprint density at radius 3 is 2.31 bits per heavy atom. The predicted octanol–water partition coefficient (Wildman–Crippen LogP) is 1.32. The van der Waals surface area contributed by atoms with Crippen molar-refractivity contribution < 1.29 is 27.5 Å². The normalized spacial score (nSPS) is 22.7. The number of hydrogen-bond acceptors (Lipinski definition) is 6. The molecule has 9 heteroatoms. The first-order valence-electron chi connectivity index (χ1n) is 9.34. The second kappa shape index (κ2) is 8.08. The van der Waals surface area contributed by atoms with Crippen molar-refractivity contribution in [3.05, 3.63) is 42.0 Å². The molecule has 1 saturated heterocycles. The van der Waals surface area contributed by atoms with E-state index in [0.29, 0.717) is 18.4 Å². The van der Waals surface area contributed by atoms with Gasteiger partial charge in [0.05, 0.1) is 16.7 Å². The van der Waals surface area contributed by atoms with E-state index in [1.54, 1.807) is 12.1 Å². The molecule has 156 valence electrons. The van der Waals surface area contributed by atoms with E-state index in [9.17, 15) is 22.8 Å². The van der Waals surface area contributed by atoms with E-state index in [1.165, 1.54) is 33.2 Å². The third-order valence-electron chi connectivity index (χ3n) is 5.33. The molecule has 1 aromatic carbocycles. The summed E-state index contributed by atoms with van der Waals surface area (Å²) in [6.07, 6.45) is 4.77. The first-order valence-corrected chi connectivity index (χ1v) is 10.8. The number of ether oxygens (including phenoxy) is 1. The number of allylic oxidation sites excluding steroid dienone is 2. The Morgan fingerprint density at radius 1 is 1.17 bits per heavy atom. The molecule has 3 atom stereocenters. The van der Waals surface area contributed by atoms with Gasteiger partial charge in [0, 0.05) is 14.1 Å². The second-order valence-corrected chi connectivity index (χ2v) is 9.57. The molecule has 0 aromatic heterocycles. The standard InChI is InChI=1S/C20H24N2O6S/c1-13(22-18(23)16-9-4-5-10-17(16)19(22)24)20(25)28-12-14-7-6-8-15(11-14)29(26,27)21(2)3/h4-8,11,13,16-17H,9-10,12H2,1-3H3/t13-,16+,17+/m1/s1. The van der Waals surface area contributed by atoms with Crippen molar-refractivity contribution in [1.29, 1.82) is 0 Å². The number of benzene rings is 1. The van der Waals surface area contributed by atoms with E-state index in [-0.39, 0.29) is 23.3 Å². The fourth-order valence-corrected chi connectivity index (χ4v) is 4.57. The van der Waals surface area contributed by atoms with Crippen LogP contribution in [0.25, 0.3) is 0 Å². The van der Waals surface area contributed by atoms with Gasteiger partial charge in [-0.05, 0) is 37.5 Å². The lowest BCUT2D eigenvalue weighted by Gasteiger charge is -2.21. The number of fused-ring (bicyclic) bond motifs is 1. The zero-order chi connectivity index (χ0) is 21.3. The van der Waals surface area contributed by atoms with Crippen molar-refractivity contribution in [3.8, 4) is 0 Å². The van der Waals surface area contributed by atoms with Gasteiger partial charge in [-0.25, -0.2) is 17.5 Å². The molecule has 8 nitrogen and oxygen atoms in total. The van der Waals surface area contributed by atoms with Crippen molar-refractivity contribution >= 4 is 27.8 Å². The minimum Gasteiger partial charge on any atom is -0.459 e. The summed E-state index contributed by atoms with van der Waals surface area (Å²) in [7, 11) is -0.742. The highest BCUT2D eigenvalue weighted by Crippen LogP contribution is 2.36. The number of esters is 1. The summed E-state index contributed by atoms with van der Waals surface area (Å²) in [5.74, 6) is -2.20. The van der Waals surface area contributed by atoms with Gasteiger partial charge >= 0.3 is 5.97 Å². The minimum absolute atomic E-state index is 0.0885. The van der Waals surface area contributed by atoms with Crippen LogP contribution in [0.2, 0.25) is 0 Å². The van der Waals surface area contributed by atoms with Gasteiger partial charge in [0.2, 0.25) is 21.8 Å². The van der Waals surface area contributed by atoms with Gasteiger partial charge in [0.15, 0.2) is 0 Å². The molecule has 2 aliphatic rings. The van der Waals surface area contributed by atoms with E-state index >= 15 is 0 Å². The Morgan fingerprint density at radius 2 is 1.76 bits per heavy atom. The van der Waals surface area contributed by atoms with Gasteiger partial charge in [-0.3, -0.25) is 14.5 Å². The molecule has 0 N–H and O–H groups in total. The van der Waals surface area contributed by atoms with Crippen LogP contribution in [0.3, 0.4) is 0 Å². The van der Waals surface area contributed by atoms with Gasteiger partial charge in [-0.1, -0.05) is 24.3 Å². The Hall–Kier alpha value is -2.52. The number of nitrogens with zero attached hydrogens (tertiary/aromatic N) is 2. The van der Waals surface area contributed by atoms with E-state index in [1.807, 2.05) is 12.2 Å². The van der Waals surface area contributed by atoms with Crippen molar-refractivity contribution in [2.75, 3.05) is 14.1 Å². The predicted molar refractivity (Wildman–Crippen MR) is 104 cm³/mol. The van der Waals surface area contributed by atoms with Gasteiger partial charge in [0.1, 0.15) is 12.6 Å². The molecule has 0 spiro atoms. The summed E-state index contributed by atoms with van der Waals surface area (Å²) in [6.45, 7) is 1.31. The first kappa shape index (κ1) is 21.2. The molecule has 0 bridgehead atoms. The van der Waals surface area contributed by atoms with Gasteiger partial charge in [0.25, 0.3) is 0 Å². The molecule has 1 aliphatic carbocycles. The fraction of sp³-hybridized carbons (Fsp3) is 0.450. The first-order chi connectivity index (χ1) is 13.6. The van der Waals surface area contributed by atoms with Crippen LogP contribution in [0.15, 0.2) is 41.3 Å². The largest absolute Gasteiger partial charge is 0.459 e. The second-order valence-electron chi connectivity index (χ2n) is 7.42. The number of amides is 2. The van der Waals surface area contributed by atoms with Crippen LogP contribution in [-0.4, -0.2) is 55.5 Å². The van der Waals surface area contributed by atoms with Crippen LogP contribution in [0.5, 0.6) is 0 Å². The summed E-state index contributed by atoms with van der Waals surface area (Å²) in [6, 6.07) is 5.06. The van der Waals surface area contributed by atoms with Crippen LogP contribution in [0, 0.1) is 11.8 Å². The van der Waals surface area contributed by atoms with E-state index in [2.05, 4.69) is 0 Å². The maximum Gasteiger partial charge on any atom is 0.329 e. The Balaban J connectivity index is 1.67. The lowest BCUT2D eigenvalue weighted by atomic mass is 9.85. The molecular weight excluding hydrogens is 396 g/mol. The summed E-state index contributed by atoms with van der Waals surface area (Å²) in [5, 5.41) is 0. The monoisotopic (exact) mass is 420 g/mol. The van der Waals surface area contributed by atoms with Crippen LogP contribution < -0.4 is 0 Å². The van der Waals surface area contributed by atoms with Crippen molar-refractivity contribution in [1.82, 2.24) is 9.21 Å². The third kappa shape index (κ3) is 3.97. The lowest BCUT2D eigenvalue weighted by Crippen LogP contribution is -2.44. The maximum atomic E-state index is 12.6. The van der Waals surface area contributed by atoms with E-state index in [4.69, 9.17) is 4.74 Å². The highest BCUT2D eigenvalue weighted by atomic mass is 32.2. The van der Waals surface area contributed by atoms with Crippen molar-refractivity contribution in [3.63, 3.8) is 0 Å². The number of rotatable bonds is 6. The number of likely N-dealkylation sites (tertiary alicyclic amines) is 1. The Kier molecular flexibility index (Phi) is 5.90. The van der Waals surface area contributed by atoms with Gasteiger partial charge < -0.3 is 4.74 Å². The average Bonchev–Trinajstić information content (AvgIpc) is 2.96. The molecule has 0 radical (unpaired) electrons. The summed E-state index contributed by atoms with van der Waals surface area (Å²) in [4.78, 5) is 38.7. The highest BCUT2D eigenvalue weighted by Gasteiger charge is 2.50. The highest BCUT2D eigenvalue weighted by molar-refractivity contribution is 7.89. The van der Waals surface area contributed by atoms with Crippen molar-refractivity contribution in [2.24, 2.45) is 11.8 Å². The number of carbonyl (C=O) groups is 3.